The first-order valence-corrected chi connectivity index (χ1v) is 9.84. The van der Waals surface area contributed by atoms with Crippen LogP contribution in [-0.4, -0.2) is 11.0 Å². The van der Waals surface area contributed by atoms with E-state index in [0.29, 0.717) is 17.3 Å². The predicted molar refractivity (Wildman–Crippen MR) is 118 cm³/mol. The lowest BCUT2D eigenvalue weighted by Gasteiger charge is -2.28. The van der Waals surface area contributed by atoms with E-state index in [1.807, 2.05) is 24.3 Å². The van der Waals surface area contributed by atoms with E-state index in [-0.39, 0.29) is 16.7 Å². The fourth-order valence-electron chi connectivity index (χ4n) is 2.93. The molecule has 0 saturated carbocycles. The molecule has 0 heterocycles. The maximum absolute atomic E-state index is 12.2. The molecule has 150 valence electrons. The van der Waals surface area contributed by atoms with Gasteiger partial charge < -0.3 is 10.4 Å². The zero-order valence-corrected chi connectivity index (χ0v) is 18.3. The van der Waals surface area contributed by atoms with E-state index in [0.717, 1.165) is 22.3 Å². The van der Waals surface area contributed by atoms with E-state index >= 15 is 0 Å². The average molecular weight is 400 g/mol. The van der Waals surface area contributed by atoms with Crippen molar-refractivity contribution in [3.8, 4) is 5.75 Å². The largest absolute Gasteiger partial charge is 0.507 e. The average Bonchev–Trinajstić information content (AvgIpc) is 2.58. The number of hydrogen-bond donors (Lipinski definition) is 2. The summed E-state index contributed by atoms with van der Waals surface area (Å²) in [5.41, 5.74) is 3.27. The molecule has 0 aromatic heterocycles. The van der Waals surface area contributed by atoms with Crippen LogP contribution in [0.15, 0.2) is 42.5 Å². The molecule has 28 heavy (non-hydrogen) atoms. The third kappa shape index (κ3) is 5.87. The number of carbonyl (C=O) groups is 1. The van der Waals surface area contributed by atoms with Gasteiger partial charge in [0, 0.05) is 17.6 Å². The molecule has 0 spiro atoms. The van der Waals surface area contributed by atoms with Crippen molar-refractivity contribution in [2.45, 2.75) is 58.9 Å². The Hall–Kier alpha value is -2.26. The Morgan fingerprint density at radius 1 is 1.00 bits per heavy atom. The third-order valence-corrected chi connectivity index (χ3v) is 4.80. The maximum Gasteiger partial charge on any atom is 0.244 e. The van der Waals surface area contributed by atoms with E-state index in [9.17, 15) is 9.90 Å². The summed E-state index contributed by atoms with van der Waals surface area (Å²) >= 11 is 5.87. The number of nitrogens with one attached hydrogen (secondary N) is 1. The highest BCUT2D eigenvalue weighted by molar-refractivity contribution is 6.30. The van der Waals surface area contributed by atoms with Gasteiger partial charge in [-0.15, -0.1) is 0 Å². The van der Waals surface area contributed by atoms with Crippen molar-refractivity contribution in [2.75, 3.05) is 0 Å². The fourth-order valence-corrected chi connectivity index (χ4v) is 3.06. The Bertz CT molecular complexity index is 834. The van der Waals surface area contributed by atoms with Crippen LogP contribution in [0.3, 0.4) is 0 Å². The van der Waals surface area contributed by atoms with Crippen LogP contribution in [0, 0.1) is 0 Å². The van der Waals surface area contributed by atoms with E-state index in [1.165, 1.54) is 6.08 Å². The summed E-state index contributed by atoms with van der Waals surface area (Å²) in [6, 6.07) is 11.3. The van der Waals surface area contributed by atoms with Gasteiger partial charge in [-0.1, -0.05) is 65.3 Å². The first-order chi connectivity index (χ1) is 12.9. The van der Waals surface area contributed by atoms with Crippen LogP contribution in [0.5, 0.6) is 5.75 Å². The molecule has 2 aromatic carbocycles. The SMILES string of the molecule is CC(C)(C)c1cc(CNC(=O)/C=C\c2ccc(Cl)cc2)cc(C(C)(C)C)c1O. The second kappa shape index (κ2) is 8.40. The Labute approximate surface area is 173 Å². The zero-order valence-electron chi connectivity index (χ0n) is 17.6. The molecular weight excluding hydrogens is 370 g/mol. The molecule has 0 radical (unpaired) electrons. The standard InChI is InChI=1S/C24H30ClNO2/c1-23(2,3)19-13-17(14-20(22(19)28)24(4,5)6)15-26-21(27)12-9-16-7-10-18(25)11-8-16/h7-14,28H,15H2,1-6H3,(H,26,27)/b12-9-. The quantitative estimate of drug-likeness (QED) is 0.622. The highest BCUT2D eigenvalue weighted by Gasteiger charge is 2.26. The van der Waals surface area contributed by atoms with Crippen molar-refractivity contribution in [3.63, 3.8) is 0 Å². The number of phenols is 1. The lowest BCUT2D eigenvalue weighted by molar-refractivity contribution is -0.116. The second-order valence-corrected chi connectivity index (χ2v) is 9.58. The molecule has 2 aromatic rings. The van der Waals surface area contributed by atoms with Gasteiger partial charge in [0.2, 0.25) is 5.91 Å². The third-order valence-electron chi connectivity index (χ3n) is 4.55. The van der Waals surface area contributed by atoms with Gasteiger partial charge in [0.15, 0.2) is 0 Å². The first kappa shape index (κ1) is 22.0. The van der Waals surface area contributed by atoms with Gasteiger partial charge in [0.05, 0.1) is 0 Å². The molecule has 2 rings (SSSR count). The molecular formula is C24H30ClNO2. The molecule has 0 saturated heterocycles. The van der Waals surface area contributed by atoms with Crippen molar-refractivity contribution >= 4 is 23.6 Å². The minimum atomic E-state index is -0.196. The normalized spacial score (nSPS) is 12.4. The van der Waals surface area contributed by atoms with Crippen molar-refractivity contribution in [1.82, 2.24) is 5.32 Å². The van der Waals surface area contributed by atoms with Crippen LogP contribution in [0.2, 0.25) is 5.02 Å². The first-order valence-electron chi connectivity index (χ1n) is 9.46. The summed E-state index contributed by atoms with van der Waals surface area (Å²) < 4.78 is 0. The summed E-state index contributed by atoms with van der Waals surface area (Å²) in [7, 11) is 0. The maximum atomic E-state index is 12.2. The molecule has 0 aliphatic carbocycles. The van der Waals surface area contributed by atoms with Crippen molar-refractivity contribution in [3.05, 3.63) is 69.8 Å². The van der Waals surface area contributed by atoms with Crippen molar-refractivity contribution in [1.29, 1.82) is 0 Å². The number of benzene rings is 2. The summed E-state index contributed by atoms with van der Waals surface area (Å²) in [6.07, 6.45) is 3.27. The van der Waals surface area contributed by atoms with E-state index < -0.39 is 0 Å². The molecule has 0 atom stereocenters. The predicted octanol–water partition coefficient (Wildman–Crippen LogP) is 5.97. The molecule has 1 amide bonds. The Morgan fingerprint density at radius 3 is 1.96 bits per heavy atom. The molecule has 0 aliphatic heterocycles. The van der Waals surface area contributed by atoms with Crippen LogP contribution in [0.1, 0.15) is 63.8 Å². The molecule has 2 N–H and O–H groups in total. The number of hydrogen-bond acceptors (Lipinski definition) is 2. The van der Waals surface area contributed by atoms with Crippen molar-refractivity contribution < 1.29 is 9.90 Å². The number of aromatic hydroxyl groups is 1. The van der Waals surface area contributed by atoms with Gasteiger partial charge in [0.25, 0.3) is 0 Å². The highest BCUT2D eigenvalue weighted by Crippen LogP contribution is 2.39. The van der Waals surface area contributed by atoms with Gasteiger partial charge in [-0.3, -0.25) is 4.79 Å². The van der Waals surface area contributed by atoms with Crippen LogP contribution < -0.4 is 5.32 Å². The summed E-state index contributed by atoms with van der Waals surface area (Å²) in [4.78, 5) is 12.2. The number of carbonyl (C=O) groups excluding carboxylic acids is 1. The molecule has 0 fully saturated rings. The summed E-state index contributed by atoms with van der Waals surface area (Å²) in [5, 5.41) is 14.4. The second-order valence-electron chi connectivity index (χ2n) is 9.14. The van der Waals surface area contributed by atoms with E-state index in [1.54, 1.807) is 18.2 Å². The fraction of sp³-hybridized carbons (Fsp3) is 0.375. The van der Waals surface area contributed by atoms with Crippen LogP contribution in [-0.2, 0) is 22.2 Å². The van der Waals surface area contributed by atoms with E-state index in [2.05, 4.69) is 46.9 Å². The smallest absolute Gasteiger partial charge is 0.244 e. The molecule has 0 bridgehead atoms. The lowest BCUT2D eigenvalue weighted by atomic mass is 9.78. The monoisotopic (exact) mass is 399 g/mol. The lowest BCUT2D eigenvalue weighted by Crippen LogP contribution is -2.22. The Morgan fingerprint density at radius 2 is 1.50 bits per heavy atom. The minimum Gasteiger partial charge on any atom is -0.507 e. The van der Waals surface area contributed by atoms with Crippen LogP contribution in [0.4, 0.5) is 0 Å². The Balaban J connectivity index is 2.19. The summed E-state index contributed by atoms with van der Waals surface area (Å²) in [6.45, 7) is 12.8. The van der Waals surface area contributed by atoms with Gasteiger partial charge in [-0.05, 0) is 63.4 Å². The number of halogens is 1. The topological polar surface area (TPSA) is 49.3 Å². The number of phenolic OH excluding ortho intramolecular Hbond substituents is 1. The van der Waals surface area contributed by atoms with E-state index in [4.69, 9.17) is 11.6 Å². The highest BCUT2D eigenvalue weighted by atomic mass is 35.5. The van der Waals surface area contributed by atoms with Crippen molar-refractivity contribution in [2.24, 2.45) is 0 Å². The van der Waals surface area contributed by atoms with Gasteiger partial charge in [-0.2, -0.15) is 0 Å². The number of amides is 1. The molecule has 0 aliphatic rings. The molecule has 3 nitrogen and oxygen atoms in total. The zero-order chi connectivity index (χ0) is 21.1. The van der Waals surface area contributed by atoms with Gasteiger partial charge >= 0.3 is 0 Å². The Kier molecular flexibility index (Phi) is 6.61. The van der Waals surface area contributed by atoms with Gasteiger partial charge in [-0.25, -0.2) is 0 Å². The van der Waals surface area contributed by atoms with Crippen LogP contribution >= 0.6 is 11.6 Å². The number of rotatable bonds is 4. The summed E-state index contributed by atoms with van der Waals surface area (Å²) in [5.74, 6) is 0.176. The molecule has 0 unspecified atom stereocenters. The molecule has 4 heteroatoms. The minimum absolute atomic E-state index is 0.169. The van der Waals surface area contributed by atoms with Crippen LogP contribution in [0.25, 0.3) is 6.08 Å². The van der Waals surface area contributed by atoms with Gasteiger partial charge in [0.1, 0.15) is 5.75 Å².